The van der Waals surface area contributed by atoms with Crippen molar-refractivity contribution in [3.8, 4) is 0 Å². The van der Waals surface area contributed by atoms with Crippen LogP contribution in [0.4, 0.5) is 10.5 Å². The van der Waals surface area contributed by atoms with Gasteiger partial charge in [-0.25, -0.2) is 10.2 Å². The van der Waals surface area contributed by atoms with E-state index >= 15 is 0 Å². The van der Waals surface area contributed by atoms with Crippen LogP contribution in [0.1, 0.15) is 32.1 Å². The normalized spacial score (nSPS) is 35.3. The van der Waals surface area contributed by atoms with Gasteiger partial charge in [0, 0.05) is 23.2 Å². The summed E-state index contributed by atoms with van der Waals surface area (Å²) in [5.74, 6) is 1.32. The minimum Gasteiger partial charge on any atom is -0.390 e. The number of nitrogens with zero attached hydrogens (tertiary/aromatic N) is 1. The predicted octanol–water partition coefficient (Wildman–Crippen LogP) is 2.74. The summed E-state index contributed by atoms with van der Waals surface area (Å²) in [5, 5.41) is 17.7. The van der Waals surface area contributed by atoms with E-state index in [-0.39, 0.29) is 6.03 Å². The van der Waals surface area contributed by atoms with Crippen molar-refractivity contribution in [3.05, 3.63) is 30.3 Å². The number of hydrogen-bond donors (Lipinski definition) is 3. The van der Waals surface area contributed by atoms with Crippen molar-refractivity contribution < 1.29 is 9.90 Å². The van der Waals surface area contributed by atoms with Crippen LogP contribution in [-0.4, -0.2) is 22.5 Å². The lowest BCUT2D eigenvalue weighted by molar-refractivity contribution is -0.0825. The number of urea groups is 1. The van der Waals surface area contributed by atoms with Gasteiger partial charge in [-0.2, -0.15) is 5.10 Å². The van der Waals surface area contributed by atoms with Crippen molar-refractivity contribution in [1.82, 2.24) is 5.43 Å². The van der Waals surface area contributed by atoms with Gasteiger partial charge in [0.2, 0.25) is 0 Å². The van der Waals surface area contributed by atoms with Crippen LogP contribution in [0, 0.1) is 17.8 Å². The Hall–Kier alpha value is -1.88. The summed E-state index contributed by atoms with van der Waals surface area (Å²) >= 11 is 0. The van der Waals surface area contributed by atoms with E-state index in [0.29, 0.717) is 17.8 Å². The third-order valence-electron chi connectivity index (χ3n) is 5.31. The van der Waals surface area contributed by atoms with E-state index in [1.54, 1.807) is 0 Å². The van der Waals surface area contributed by atoms with Crippen molar-refractivity contribution in [2.75, 3.05) is 5.32 Å². The SMILES string of the molecule is O=C(NN=C1[C@@H]2CC3C[C@@H]1CC(O)(C3)C2)Nc1ccccc1. The highest BCUT2D eigenvalue weighted by Crippen LogP contribution is 2.54. The van der Waals surface area contributed by atoms with E-state index in [0.717, 1.165) is 43.5 Å². The van der Waals surface area contributed by atoms with Crippen molar-refractivity contribution >= 4 is 17.4 Å². The maximum Gasteiger partial charge on any atom is 0.339 e. The van der Waals surface area contributed by atoms with E-state index in [1.807, 2.05) is 30.3 Å². The number of amides is 2. The molecule has 0 saturated heterocycles. The smallest absolute Gasteiger partial charge is 0.339 e. The fourth-order valence-corrected chi connectivity index (χ4v) is 4.70. The first-order chi connectivity index (χ1) is 10.6. The zero-order valence-corrected chi connectivity index (χ0v) is 12.5. The number of para-hydroxylation sites is 1. The highest BCUT2D eigenvalue weighted by molar-refractivity contribution is 5.94. The van der Waals surface area contributed by atoms with Crippen LogP contribution in [0.15, 0.2) is 35.4 Å². The van der Waals surface area contributed by atoms with Gasteiger partial charge in [0.1, 0.15) is 0 Å². The van der Waals surface area contributed by atoms with Gasteiger partial charge in [-0.3, -0.25) is 0 Å². The number of anilines is 1. The molecule has 4 fully saturated rings. The molecule has 5 heteroatoms. The zero-order valence-electron chi connectivity index (χ0n) is 12.5. The van der Waals surface area contributed by atoms with Gasteiger partial charge in [-0.15, -0.1) is 0 Å². The van der Waals surface area contributed by atoms with E-state index in [9.17, 15) is 9.90 Å². The van der Waals surface area contributed by atoms with E-state index in [4.69, 9.17) is 0 Å². The van der Waals surface area contributed by atoms with Crippen LogP contribution < -0.4 is 10.7 Å². The highest BCUT2D eigenvalue weighted by Gasteiger charge is 2.53. The molecular weight excluding hydrogens is 278 g/mol. The first-order valence-corrected chi connectivity index (χ1v) is 8.03. The Morgan fingerprint density at radius 1 is 1.14 bits per heavy atom. The molecule has 22 heavy (non-hydrogen) atoms. The predicted molar refractivity (Wildman–Crippen MR) is 84.5 cm³/mol. The maximum absolute atomic E-state index is 11.9. The molecule has 2 atom stereocenters. The second-order valence-electron chi connectivity index (χ2n) is 7.04. The number of carbonyl (C=O) groups excluding carboxylic acids is 1. The second-order valence-corrected chi connectivity index (χ2v) is 7.04. The van der Waals surface area contributed by atoms with Gasteiger partial charge in [-0.1, -0.05) is 18.2 Å². The van der Waals surface area contributed by atoms with Crippen molar-refractivity contribution in [3.63, 3.8) is 0 Å². The average Bonchev–Trinajstić information content (AvgIpc) is 2.45. The quantitative estimate of drug-likeness (QED) is 0.735. The number of rotatable bonds is 2. The topological polar surface area (TPSA) is 73.7 Å². The largest absolute Gasteiger partial charge is 0.390 e. The highest BCUT2D eigenvalue weighted by atomic mass is 16.3. The Bertz CT molecular complexity index is 596. The second kappa shape index (κ2) is 5.09. The molecule has 0 spiro atoms. The fraction of sp³-hybridized carbons (Fsp3) is 0.529. The third kappa shape index (κ3) is 2.50. The molecule has 0 aliphatic heterocycles. The van der Waals surface area contributed by atoms with Crippen molar-refractivity contribution in [1.29, 1.82) is 0 Å². The number of aliphatic hydroxyl groups is 1. The lowest BCUT2D eigenvalue weighted by Crippen LogP contribution is -2.55. The zero-order chi connectivity index (χ0) is 15.2. The van der Waals surface area contributed by atoms with Gasteiger partial charge < -0.3 is 10.4 Å². The van der Waals surface area contributed by atoms with Crippen LogP contribution in [0.25, 0.3) is 0 Å². The summed E-state index contributed by atoms with van der Waals surface area (Å²) in [6.45, 7) is 0. The fourth-order valence-electron chi connectivity index (χ4n) is 4.70. The Morgan fingerprint density at radius 2 is 1.82 bits per heavy atom. The van der Waals surface area contributed by atoms with Crippen LogP contribution >= 0.6 is 0 Å². The Morgan fingerprint density at radius 3 is 2.45 bits per heavy atom. The van der Waals surface area contributed by atoms with Gasteiger partial charge in [0.15, 0.2) is 0 Å². The van der Waals surface area contributed by atoms with Crippen molar-refractivity contribution in [2.45, 2.75) is 37.7 Å². The molecule has 3 N–H and O–H groups in total. The molecule has 2 amide bonds. The molecule has 1 aromatic carbocycles. The van der Waals surface area contributed by atoms with E-state index < -0.39 is 5.60 Å². The number of hydrazone groups is 1. The maximum atomic E-state index is 11.9. The Labute approximate surface area is 129 Å². The molecule has 0 heterocycles. The Kier molecular flexibility index (Phi) is 3.18. The lowest BCUT2D eigenvalue weighted by atomic mass is 9.53. The minimum atomic E-state index is -0.470. The molecular formula is C17H21N3O2. The molecule has 5 rings (SSSR count). The average molecular weight is 299 g/mol. The van der Waals surface area contributed by atoms with E-state index in [2.05, 4.69) is 15.8 Å². The lowest BCUT2D eigenvalue weighted by Gasteiger charge is -2.54. The summed E-state index contributed by atoms with van der Waals surface area (Å²) in [5.41, 5.74) is 3.99. The molecule has 0 aromatic heterocycles. The molecule has 4 aliphatic rings. The standard InChI is InChI=1S/C17H21N3O2/c21-16(18-14-4-2-1-3-5-14)20-19-15-12-6-11-7-13(15)10-17(22,8-11)9-12/h1-5,11-13,22H,6-10H2,(H2,18,20,21)/t11?,12-,13-,17?/m1/s1. The summed E-state index contributed by atoms with van der Waals surface area (Å²) in [6.07, 6.45) is 4.79. The molecule has 0 unspecified atom stereocenters. The first kappa shape index (κ1) is 13.8. The minimum absolute atomic E-state index is 0.314. The number of carbonyl (C=O) groups is 1. The number of hydrogen-bond acceptors (Lipinski definition) is 3. The summed E-state index contributed by atoms with van der Waals surface area (Å²) < 4.78 is 0. The summed E-state index contributed by atoms with van der Waals surface area (Å²) in [7, 11) is 0. The van der Waals surface area contributed by atoms with Gasteiger partial charge in [0.25, 0.3) is 0 Å². The molecule has 116 valence electrons. The summed E-state index contributed by atoms with van der Waals surface area (Å²) in [6, 6.07) is 9.02. The molecule has 4 saturated carbocycles. The van der Waals surface area contributed by atoms with Crippen LogP contribution in [0.3, 0.4) is 0 Å². The van der Waals surface area contributed by atoms with Gasteiger partial charge >= 0.3 is 6.03 Å². The van der Waals surface area contributed by atoms with Crippen LogP contribution in [0.5, 0.6) is 0 Å². The number of benzene rings is 1. The van der Waals surface area contributed by atoms with Crippen LogP contribution in [0.2, 0.25) is 0 Å². The molecule has 5 nitrogen and oxygen atoms in total. The molecule has 4 bridgehead atoms. The van der Waals surface area contributed by atoms with Gasteiger partial charge in [0.05, 0.1) is 5.60 Å². The summed E-state index contributed by atoms with van der Waals surface area (Å²) in [4.78, 5) is 11.9. The first-order valence-electron chi connectivity index (χ1n) is 8.03. The van der Waals surface area contributed by atoms with E-state index in [1.165, 1.54) is 0 Å². The molecule has 1 aromatic rings. The number of nitrogens with one attached hydrogen (secondary N) is 2. The van der Waals surface area contributed by atoms with Crippen molar-refractivity contribution in [2.24, 2.45) is 22.9 Å². The monoisotopic (exact) mass is 299 g/mol. The molecule has 4 aliphatic carbocycles. The van der Waals surface area contributed by atoms with Crippen LogP contribution in [-0.2, 0) is 0 Å². The molecule has 0 radical (unpaired) electrons. The van der Waals surface area contributed by atoms with Gasteiger partial charge in [-0.05, 0) is 50.2 Å². The Balaban J connectivity index is 1.42. The third-order valence-corrected chi connectivity index (χ3v) is 5.31.